The molecule has 1 amide bonds. The molecule has 1 saturated carbocycles. The van der Waals surface area contributed by atoms with Crippen LogP contribution in [0.4, 0.5) is 0 Å². The molecule has 5 nitrogen and oxygen atoms in total. The summed E-state index contributed by atoms with van der Waals surface area (Å²) in [6.45, 7) is 6.26. The fourth-order valence-electron chi connectivity index (χ4n) is 3.63. The van der Waals surface area contributed by atoms with Crippen LogP contribution in [0.25, 0.3) is 0 Å². The van der Waals surface area contributed by atoms with E-state index in [0.29, 0.717) is 17.7 Å². The van der Waals surface area contributed by atoms with Crippen LogP contribution >= 0.6 is 12.4 Å². The van der Waals surface area contributed by atoms with Crippen LogP contribution in [0.1, 0.15) is 61.3 Å². The highest BCUT2D eigenvalue weighted by molar-refractivity contribution is 5.94. The van der Waals surface area contributed by atoms with Gasteiger partial charge in [0.1, 0.15) is 0 Å². The van der Waals surface area contributed by atoms with E-state index in [-0.39, 0.29) is 18.3 Å². The number of carbonyl (C=O) groups is 1. The molecule has 2 unspecified atom stereocenters. The average Bonchev–Trinajstić information content (AvgIpc) is 2.91. The van der Waals surface area contributed by atoms with Crippen molar-refractivity contribution >= 4 is 18.3 Å². The number of aromatic amines is 1. The quantitative estimate of drug-likeness (QED) is 0.799. The van der Waals surface area contributed by atoms with Gasteiger partial charge in [-0.05, 0) is 24.7 Å². The van der Waals surface area contributed by atoms with Crippen molar-refractivity contribution in [3.8, 4) is 0 Å². The molecule has 0 spiro atoms. The number of hydrogen-bond acceptors (Lipinski definition) is 3. The summed E-state index contributed by atoms with van der Waals surface area (Å²) in [5.41, 5.74) is 2.75. The zero-order chi connectivity index (χ0) is 14.8. The van der Waals surface area contributed by atoms with E-state index in [1.807, 2.05) is 0 Å². The molecule has 1 aromatic rings. The summed E-state index contributed by atoms with van der Waals surface area (Å²) in [5.74, 6) is 1.43. The molecule has 2 atom stereocenters. The summed E-state index contributed by atoms with van der Waals surface area (Å²) in [7, 11) is 0. The van der Waals surface area contributed by atoms with Gasteiger partial charge in [0.2, 0.25) is 0 Å². The lowest BCUT2D eigenvalue weighted by molar-refractivity contribution is 0.0906. The number of nitrogens with one attached hydrogen (secondary N) is 3. The minimum atomic E-state index is -0.00870. The lowest BCUT2D eigenvalue weighted by Crippen LogP contribution is -2.40. The highest BCUT2D eigenvalue weighted by Gasteiger charge is 2.27. The summed E-state index contributed by atoms with van der Waals surface area (Å²) in [4.78, 5) is 12.5. The molecule has 0 aromatic carbocycles. The van der Waals surface area contributed by atoms with Crippen molar-refractivity contribution in [3.05, 3.63) is 17.0 Å². The third kappa shape index (κ3) is 3.63. The Morgan fingerprint density at radius 1 is 1.36 bits per heavy atom. The number of hydrogen-bond donors (Lipinski definition) is 3. The maximum absolute atomic E-state index is 12.5. The van der Waals surface area contributed by atoms with E-state index in [1.165, 1.54) is 12.8 Å². The first-order chi connectivity index (χ1) is 10.1. The number of rotatable bonds is 3. The van der Waals surface area contributed by atoms with Gasteiger partial charge in [-0.2, -0.15) is 5.10 Å². The number of halogens is 1. The molecule has 1 aliphatic heterocycles. The predicted octanol–water partition coefficient (Wildman–Crippen LogP) is 2.42. The third-order valence-electron chi connectivity index (χ3n) is 5.01. The predicted molar refractivity (Wildman–Crippen MR) is 89.3 cm³/mol. The Bertz CT molecular complexity index is 514. The number of fused-ring (bicyclic) bond motifs is 1. The van der Waals surface area contributed by atoms with E-state index in [9.17, 15) is 4.79 Å². The van der Waals surface area contributed by atoms with Crippen molar-refractivity contribution in [2.45, 2.75) is 58.5 Å². The summed E-state index contributed by atoms with van der Waals surface area (Å²) in [6.07, 6.45) is 5.64. The zero-order valence-corrected chi connectivity index (χ0v) is 14.3. The number of carbonyl (C=O) groups excluding carboxylic acids is 1. The molecule has 2 aliphatic rings. The minimum absolute atomic E-state index is 0. The van der Waals surface area contributed by atoms with Crippen molar-refractivity contribution in [1.82, 2.24) is 20.8 Å². The van der Waals surface area contributed by atoms with Crippen LogP contribution in [0, 0.1) is 11.8 Å². The van der Waals surface area contributed by atoms with E-state index in [1.54, 1.807) is 0 Å². The van der Waals surface area contributed by atoms with Crippen LogP contribution in [0.5, 0.6) is 0 Å². The highest BCUT2D eigenvalue weighted by Crippen LogP contribution is 2.30. The Hall–Kier alpha value is -1.07. The van der Waals surface area contributed by atoms with Gasteiger partial charge in [-0.3, -0.25) is 9.89 Å². The number of H-pyrrole nitrogens is 1. The van der Waals surface area contributed by atoms with Crippen LogP contribution in [0.15, 0.2) is 0 Å². The van der Waals surface area contributed by atoms with Crippen LogP contribution in [0.2, 0.25) is 0 Å². The van der Waals surface area contributed by atoms with Gasteiger partial charge in [0, 0.05) is 36.8 Å². The lowest BCUT2D eigenvalue weighted by Gasteiger charge is -2.32. The van der Waals surface area contributed by atoms with Gasteiger partial charge in [-0.25, -0.2) is 0 Å². The van der Waals surface area contributed by atoms with Gasteiger partial charge >= 0.3 is 0 Å². The second-order valence-corrected chi connectivity index (χ2v) is 6.80. The fourth-order valence-corrected chi connectivity index (χ4v) is 3.63. The number of amides is 1. The van der Waals surface area contributed by atoms with E-state index in [4.69, 9.17) is 0 Å². The summed E-state index contributed by atoms with van der Waals surface area (Å²) in [5, 5.41) is 13.8. The Labute approximate surface area is 138 Å². The summed E-state index contributed by atoms with van der Waals surface area (Å²) >= 11 is 0. The Morgan fingerprint density at radius 3 is 2.95 bits per heavy atom. The van der Waals surface area contributed by atoms with Gasteiger partial charge in [-0.1, -0.05) is 26.7 Å². The normalized spacial score (nSPS) is 24.5. The number of aromatic nitrogens is 2. The van der Waals surface area contributed by atoms with Crippen LogP contribution in [-0.4, -0.2) is 28.7 Å². The summed E-state index contributed by atoms with van der Waals surface area (Å²) in [6, 6.07) is 0.308. The molecule has 2 heterocycles. The van der Waals surface area contributed by atoms with Gasteiger partial charge in [-0.15, -0.1) is 12.4 Å². The second kappa shape index (κ2) is 7.47. The van der Waals surface area contributed by atoms with Crippen molar-refractivity contribution in [1.29, 1.82) is 0 Å². The molecule has 0 saturated heterocycles. The molecule has 1 aromatic heterocycles. The Kier molecular flexibility index (Phi) is 5.87. The van der Waals surface area contributed by atoms with Crippen molar-refractivity contribution in [2.75, 3.05) is 6.54 Å². The number of nitrogens with zero attached hydrogens (tertiary/aromatic N) is 1. The van der Waals surface area contributed by atoms with Crippen molar-refractivity contribution < 1.29 is 4.79 Å². The van der Waals surface area contributed by atoms with Gasteiger partial charge in [0.05, 0.1) is 0 Å². The molecule has 124 valence electrons. The van der Waals surface area contributed by atoms with E-state index in [2.05, 4.69) is 34.7 Å². The topological polar surface area (TPSA) is 69.8 Å². The molecular weight excluding hydrogens is 300 g/mol. The first kappa shape index (κ1) is 17.3. The highest BCUT2D eigenvalue weighted by atomic mass is 35.5. The molecule has 6 heteroatoms. The SMILES string of the molecule is CC(C)C1CCCC(NC(=O)c2n[nH]c3c2CNCC3)C1.Cl. The standard InChI is InChI=1S/C16H26N4O.ClH/c1-10(2)11-4-3-5-12(8-11)18-16(21)15-13-9-17-7-6-14(13)19-20-15;/h10-12,17H,3-9H2,1-2H3,(H,18,21)(H,19,20);1H. The van der Waals surface area contributed by atoms with Crippen molar-refractivity contribution in [2.24, 2.45) is 11.8 Å². The lowest BCUT2D eigenvalue weighted by atomic mass is 9.79. The molecule has 22 heavy (non-hydrogen) atoms. The first-order valence-electron chi connectivity index (χ1n) is 8.23. The zero-order valence-electron chi connectivity index (χ0n) is 13.4. The molecular formula is C16H27ClN4O. The minimum Gasteiger partial charge on any atom is -0.348 e. The third-order valence-corrected chi connectivity index (χ3v) is 5.01. The van der Waals surface area contributed by atoms with Crippen LogP contribution in [-0.2, 0) is 13.0 Å². The van der Waals surface area contributed by atoms with Gasteiger partial charge in [0.25, 0.3) is 5.91 Å². The van der Waals surface area contributed by atoms with Gasteiger partial charge < -0.3 is 10.6 Å². The maximum atomic E-state index is 12.5. The fraction of sp³-hybridized carbons (Fsp3) is 0.750. The summed E-state index contributed by atoms with van der Waals surface area (Å²) < 4.78 is 0. The maximum Gasteiger partial charge on any atom is 0.272 e. The molecule has 0 bridgehead atoms. The Morgan fingerprint density at radius 2 is 2.18 bits per heavy atom. The van der Waals surface area contributed by atoms with E-state index in [0.717, 1.165) is 49.5 Å². The van der Waals surface area contributed by atoms with Crippen molar-refractivity contribution in [3.63, 3.8) is 0 Å². The van der Waals surface area contributed by atoms with E-state index >= 15 is 0 Å². The molecule has 1 fully saturated rings. The smallest absolute Gasteiger partial charge is 0.272 e. The monoisotopic (exact) mass is 326 g/mol. The molecule has 1 aliphatic carbocycles. The Balaban J connectivity index is 0.00000176. The van der Waals surface area contributed by atoms with Crippen LogP contribution in [0.3, 0.4) is 0 Å². The van der Waals surface area contributed by atoms with E-state index < -0.39 is 0 Å². The molecule has 3 rings (SSSR count). The molecule has 0 radical (unpaired) electrons. The largest absolute Gasteiger partial charge is 0.348 e. The second-order valence-electron chi connectivity index (χ2n) is 6.80. The van der Waals surface area contributed by atoms with Crippen LogP contribution < -0.4 is 10.6 Å². The molecule has 3 N–H and O–H groups in total. The average molecular weight is 327 g/mol. The van der Waals surface area contributed by atoms with Gasteiger partial charge in [0.15, 0.2) is 5.69 Å². The first-order valence-corrected chi connectivity index (χ1v) is 8.23.